The fourth-order valence-electron chi connectivity index (χ4n) is 1.89. The molecule has 19 heavy (non-hydrogen) atoms. The Morgan fingerprint density at radius 1 is 1.37 bits per heavy atom. The van der Waals surface area contributed by atoms with Crippen LogP contribution in [0.15, 0.2) is 18.2 Å². The second kappa shape index (κ2) is 6.36. The Bertz CT molecular complexity index is 501. The number of carbonyl (C=O) groups excluding carboxylic acids is 1. The predicted octanol–water partition coefficient (Wildman–Crippen LogP) is 2.59. The quantitative estimate of drug-likeness (QED) is 0.861. The van der Waals surface area contributed by atoms with E-state index in [0.29, 0.717) is 28.8 Å². The van der Waals surface area contributed by atoms with E-state index in [1.54, 1.807) is 18.2 Å². The molecule has 0 radical (unpaired) electrons. The number of Topliss-reactive ketones (excluding diaryl/α,β-unsaturated/α-hetero) is 1. The highest BCUT2D eigenvalue weighted by molar-refractivity contribution is 6.36. The van der Waals surface area contributed by atoms with E-state index < -0.39 is 12.0 Å². The molecule has 1 aliphatic rings. The Balaban J connectivity index is 2.29. The van der Waals surface area contributed by atoms with Gasteiger partial charge in [0.25, 0.3) is 0 Å². The zero-order valence-electron chi connectivity index (χ0n) is 9.94. The average Bonchev–Trinajstić information content (AvgIpc) is 2.43. The summed E-state index contributed by atoms with van der Waals surface area (Å²) >= 11 is 12.1. The topological polar surface area (TPSA) is 59.3 Å². The van der Waals surface area contributed by atoms with E-state index in [4.69, 9.17) is 32.7 Å². The van der Waals surface area contributed by atoms with Crippen molar-refractivity contribution in [1.82, 2.24) is 0 Å². The van der Waals surface area contributed by atoms with Gasteiger partial charge in [-0.3, -0.25) is 4.79 Å². The normalized spacial score (nSPS) is 20.6. The summed E-state index contributed by atoms with van der Waals surface area (Å²) in [6.45, 7) is 0.942. The molecule has 6 heteroatoms. The van der Waals surface area contributed by atoms with Crippen LogP contribution < -0.4 is 0 Å². The first-order chi connectivity index (χ1) is 9.15. The molecule has 1 aliphatic heterocycles. The van der Waals surface area contributed by atoms with E-state index in [-0.39, 0.29) is 12.4 Å². The van der Waals surface area contributed by atoms with Crippen LogP contribution in [0.4, 0.5) is 0 Å². The number of halogens is 2. The summed E-state index contributed by atoms with van der Waals surface area (Å²) in [7, 11) is 0. The highest BCUT2D eigenvalue weighted by Crippen LogP contribution is 2.32. The summed E-state index contributed by atoms with van der Waals surface area (Å²) in [6.07, 6.45) is -0.745. The molecule has 2 rings (SSSR count). The molecule has 2 atom stereocenters. The van der Waals surface area contributed by atoms with Crippen molar-refractivity contribution < 1.29 is 14.3 Å². The second-order valence-electron chi connectivity index (χ2n) is 4.03. The summed E-state index contributed by atoms with van der Waals surface area (Å²) in [6, 6.07) is 6.79. The number of ether oxygens (including phenoxy) is 2. The summed E-state index contributed by atoms with van der Waals surface area (Å²) in [4.78, 5) is 12.3. The van der Waals surface area contributed by atoms with Crippen molar-refractivity contribution in [1.29, 1.82) is 5.26 Å². The fraction of sp³-hybridized carbons (Fsp3) is 0.385. The van der Waals surface area contributed by atoms with Crippen LogP contribution in [0.1, 0.15) is 11.5 Å². The number of nitrogens with zero attached hydrogens (tertiary/aromatic N) is 1. The predicted molar refractivity (Wildman–Crippen MR) is 70.4 cm³/mol. The summed E-state index contributed by atoms with van der Waals surface area (Å²) in [5.74, 6) is -1.43. The molecule has 0 bridgehead atoms. The van der Waals surface area contributed by atoms with Crippen molar-refractivity contribution in [2.45, 2.75) is 12.0 Å². The van der Waals surface area contributed by atoms with Crippen molar-refractivity contribution in [3.63, 3.8) is 0 Å². The van der Waals surface area contributed by atoms with E-state index >= 15 is 0 Å². The van der Waals surface area contributed by atoms with Crippen molar-refractivity contribution in [2.75, 3.05) is 19.8 Å². The zero-order valence-corrected chi connectivity index (χ0v) is 11.4. The maximum absolute atomic E-state index is 12.3. The van der Waals surface area contributed by atoms with Gasteiger partial charge >= 0.3 is 0 Å². The number of hydrogen-bond acceptors (Lipinski definition) is 4. The maximum atomic E-state index is 12.3. The minimum Gasteiger partial charge on any atom is -0.376 e. The van der Waals surface area contributed by atoms with Crippen LogP contribution in [0, 0.1) is 11.3 Å². The van der Waals surface area contributed by atoms with Gasteiger partial charge in [0.15, 0.2) is 5.78 Å². The van der Waals surface area contributed by atoms with Crippen molar-refractivity contribution in [3.05, 3.63) is 33.8 Å². The number of rotatable bonds is 3. The number of hydrogen-bond donors (Lipinski definition) is 0. The van der Waals surface area contributed by atoms with Crippen LogP contribution in [0.5, 0.6) is 0 Å². The van der Waals surface area contributed by atoms with Gasteiger partial charge in [-0.25, -0.2) is 0 Å². The van der Waals surface area contributed by atoms with Gasteiger partial charge in [0, 0.05) is 15.6 Å². The minimum absolute atomic E-state index is 0.152. The third-order valence-corrected chi connectivity index (χ3v) is 3.49. The van der Waals surface area contributed by atoms with Gasteiger partial charge in [-0.2, -0.15) is 5.26 Å². The second-order valence-corrected chi connectivity index (χ2v) is 4.85. The number of carbonyl (C=O) groups is 1. The first-order valence-electron chi connectivity index (χ1n) is 5.71. The van der Waals surface area contributed by atoms with Crippen LogP contribution in [0.2, 0.25) is 10.0 Å². The van der Waals surface area contributed by atoms with Crippen LogP contribution >= 0.6 is 23.2 Å². The lowest BCUT2D eigenvalue weighted by molar-refractivity contribution is -0.145. The summed E-state index contributed by atoms with van der Waals surface area (Å²) in [5.41, 5.74) is 0.326. The van der Waals surface area contributed by atoms with Gasteiger partial charge in [-0.1, -0.05) is 29.3 Å². The number of nitriles is 1. The van der Waals surface area contributed by atoms with Crippen LogP contribution in [-0.4, -0.2) is 31.7 Å². The fourth-order valence-corrected chi connectivity index (χ4v) is 2.51. The smallest absolute Gasteiger partial charge is 0.185 e. The van der Waals surface area contributed by atoms with Gasteiger partial charge in [-0.15, -0.1) is 0 Å². The molecule has 0 amide bonds. The highest BCUT2D eigenvalue weighted by atomic mass is 35.5. The maximum Gasteiger partial charge on any atom is 0.185 e. The van der Waals surface area contributed by atoms with E-state index in [1.807, 2.05) is 6.07 Å². The largest absolute Gasteiger partial charge is 0.376 e. The highest BCUT2D eigenvalue weighted by Gasteiger charge is 2.33. The van der Waals surface area contributed by atoms with Crippen molar-refractivity contribution in [2.24, 2.45) is 0 Å². The summed E-state index contributed by atoms with van der Waals surface area (Å²) < 4.78 is 10.5. The zero-order chi connectivity index (χ0) is 13.8. The Morgan fingerprint density at radius 2 is 2.05 bits per heavy atom. The first kappa shape index (κ1) is 14.3. The van der Waals surface area contributed by atoms with Crippen LogP contribution in [-0.2, 0) is 14.3 Å². The van der Waals surface area contributed by atoms with Crippen LogP contribution in [0.25, 0.3) is 0 Å². The molecule has 0 aromatic heterocycles. The van der Waals surface area contributed by atoms with Crippen LogP contribution in [0.3, 0.4) is 0 Å². The Kier molecular flexibility index (Phi) is 4.78. The molecule has 0 aliphatic carbocycles. The molecule has 4 nitrogen and oxygen atoms in total. The van der Waals surface area contributed by atoms with Gasteiger partial charge in [0.05, 0.1) is 25.9 Å². The van der Waals surface area contributed by atoms with Gasteiger partial charge < -0.3 is 9.47 Å². The Hall–Kier alpha value is -1.12. The van der Waals surface area contributed by atoms with Crippen molar-refractivity contribution in [3.8, 4) is 6.07 Å². The molecule has 1 aromatic rings. The molecule has 1 saturated heterocycles. The molecule has 1 fully saturated rings. The average molecular weight is 300 g/mol. The molecule has 0 saturated carbocycles. The SMILES string of the molecule is N#CC(C(=O)C1COCCO1)c1c(Cl)cccc1Cl. The molecule has 0 spiro atoms. The van der Waals surface area contributed by atoms with E-state index in [2.05, 4.69) is 0 Å². The molecular formula is C13H11Cl2NO3. The standard InChI is InChI=1S/C13H11Cl2NO3/c14-9-2-1-3-10(15)12(9)8(6-16)13(17)11-7-18-4-5-19-11/h1-3,8,11H,4-5,7H2. The molecule has 1 aromatic carbocycles. The van der Waals surface area contributed by atoms with Gasteiger partial charge in [-0.05, 0) is 12.1 Å². The lowest BCUT2D eigenvalue weighted by atomic mass is 9.93. The molecular weight excluding hydrogens is 289 g/mol. The first-order valence-corrected chi connectivity index (χ1v) is 6.47. The van der Waals surface area contributed by atoms with E-state index in [9.17, 15) is 10.1 Å². The Labute approximate surface area is 120 Å². The summed E-state index contributed by atoms with van der Waals surface area (Å²) in [5, 5.41) is 9.84. The molecule has 1 heterocycles. The van der Waals surface area contributed by atoms with E-state index in [1.165, 1.54) is 0 Å². The molecule has 2 unspecified atom stereocenters. The van der Waals surface area contributed by atoms with Gasteiger partial charge in [0.1, 0.15) is 12.0 Å². The monoisotopic (exact) mass is 299 g/mol. The number of benzene rings is 1. The molecule has 100 valence electrons. The Morgan fingerprint density at radius 3 is 2.58 bits per heavy atom. The lowest BCUT2D eigenvalue weighted by Crippen LogP contribution is -2.38. The lowest BCUT2D eigenvalue weighted by Gasteiger charge is -2.24. The third kappa shape index (κ3) is 3.07. The third-order valence-electron chi connectivity index (χ3n) is 2.84. The number of ketones is 1. The van der Waals surface area contributed by atoms with E-state index in [0.717, 1.165) is 0 Å². The van der Waals surface area contributed by atoms with Crippen molar-refractivity contribution >= 4 is 29.0 Å². The minimum atomic E-state index is -1.05. The molecule has 0 N–H and O–H groups in total. The van der Waals surface area contributed by atoms with Gasteiger partial charge in [0.2, 0.25) is 0 Å².